The Morgan fingerprint density at radius 3 is 3.13 bits per heavy atom. The zero-order valence-electron chi connectivity index (χ0n) is 9.21. The molecule has 3 atom stereocenters. The first-order valence-electron chi connectivity index (χ1n) is 5.65. The summed E-state index contributed by atoms with van der Waals surface area (Å²) < 4.78 is 5.86. The average Bonchev–Trinajstić information content (AvgIpc) is 2.74. The molecule has 15 heavy (non-hydrogen) atoms. The van der Waals surface area contributed by atoms with Crippen molar-refractivity contribution >= 4 is 0 Å². The van der Waals surface area contributed by atoms with Gasteiger partial charge in [0.25, 0.3) is 0 Å². The van der Waals surface area contributed by atoms with Gasteiger partial charge in [0.1, 0.15) is 0 Å². The van der Waals surface area contributed by atoms with Crippen molar-refractivity contribution in [2.24, 2.45) is 0 Å². The largest absolute Gasteiger partial charge is 0.373 e. The number of ether oxygens (including phenoxy) is 1. The van der Waals surface area contributed by atoms with E-state index in [0.717, 1.165) is 19.4 Å². The lowest BCUT2D eigenvalue weighted by Crippen LogP contribution is -2.52. The van der Waals surface area contributed by atoms with Gasteiger partial charge in [0.05, 0.1) is 29.8 Å². The zero-order valence-corrected chi connectivity index (χ0v) is 9.21. The standard InChI is InChI=1S/C11H17N3O/c1-7-5-11(8(2)15-7)10-9(3-4-14-11)12-6-13-10/h6-8,14H,3-5H2,1-2H3,(H,12,13)/t7-,8-,11+/m1/s1. The fraction of sp³-hybridized carbons (Fsp3) is 0.727. The molecule has 1 aromatic rings. The van der Waals surface area contributed by atoms with E-state index >= 15 is 0 Å². The second kappa shape index (κ2) is 3.06. The third-order valence-electron chi connectivity index (χ3n) is 3.70. The summed E-state index contributed by atoms with van der Waals surface area (Å²) in [5.74, 6) is 0. The molecule has 0 radical (unpaired) electrons. The SMILES string of the molecule is C[C@@H]1C[C@]2(NCCc3[nH]cnc32)[C@@H](C)O1. The van der Waals surface area contributed by atoms with Crippen LogP contribution in [0.5, 0.6) is 0 Å². The van der Waals surface area contributed by atoms with Gasteiger partial charge in [-0.05, 0) is 20.3 Å². The van der Waals surface area contributed by atoms with E-state index in [1.807, 2.05) is 0 Å². The Morgan fingerprint density at radius 1 is 1.53 bits per heavy atom. The molecular formula is C11H17N3O. The quantitative estimate of drug-likeness (QED) is 0.666. The van der Waals surface area contributed by atoms with Crippen LogP contribution < -0.4 is 5.32 Å². The molecule has 0 unspecified atom stereocenters. The number of fused-ring (bicyclic) bond motifs is 2. The highest BCUT2D eigenvalue weighted by molar-refractivity contribution is 5.28. The van der Waals surface area contributed by atoms with E-state index in [0.29, 0.717) is 6.10 Å². The number of imidazole rings is 1. The molecule has 0 amide bonds. The van der Waals surface area contributed by atoms with E-state index < -0.39 is 0 Å². The fourth-order valence-electron chi connectivity index (χ4n) is 3.03. The van der Waals surface area contributed by atoms with E-state index in [1.165, 1.54) is 11.4 Å². The van der Waals surface area contributed by atoms with Gasteiger partial charge in [0.2, 0.25) is 0 Å². The molecule has 4 nitrogen and oxygen atoms in total. The predicted octanol–water partition coefficient (Wildman–Crippen LogP) is 0.948. The van der Waals surface area contributed by atoms with Gasteiger partial charge in [-0.25, -0.2) is 4.98 Å². The molecule has 2 aliphatic heterocycles. The summed E-state index contributed by atoms with van der Waals surface area (Å²) >= 11 is 0. The molecule has 82 valence electrons. The van der Waals surface area contributed by atoms with Crippen LogP contribution in [0.4, 0.5) is 0 Å². The highest BCUT2D eigenvalue weighted by Crippen LogP contribution is 2.41. The maximum Gasteiger partial charge on any atom is 0.0926 e. The highest BCUT2D eigenvalue weighted by atomic mass is 16.5. The van der Waals surface area contributed by atoms with Crippen molar-refractivity contribution in [1.82, 2.24) is 15.3 Å². The minimum atomic E-state index is -0.0486. The number of aromatic amines is 1. The van der Waals surface area contributed by atoms with Crippen molar-refractivity contribution in [3.63, 3.8) is 0 Å². The third-order valence-corrected chi connectivity index (χ3v) is 3.70. The maximum absolute atomic E-state index is 5.86. The van der Waals surface area contributed by atoms with Gasteiger partial charge in [0, 0.05) is 18.7 Å². The lowest BCUT2D eigenvalue weighted by Gasteiger charge is -2.36. The molecule has 0 aliphatic carbocycles. The topological polar surface area (TPSA) is 49.9 Å². The molecule has 3 heterocycles. The molecule has 1 fully saturated rings. The number of hydrogen-bond donors (Lipinski definition) is 2. The maximum atomic E-state index is 5.86. The van der Waals surface area contributed by atoms with Crippen molar-refractivity contribution < 1.29 is 4.74 Å². The van der Waals surface area contributed by atoms with E-state index in [2.05, 4.69) is 29.1 Å². The van der Waals surface area contributed by atoms with Gasteiger partial charge in [-0.1, -0.05) is 0 Å². The van der Waals surface area contributed by atoms with E-state index in [9.17, 15) is 0 Å². The summed E-state index contributed by atoms with van der Waals surface area (Å²) in [6.45, 7) is 5.28. The van der Waals surface area contributed by atoms with Gasteiger partial charge in [-0.3, -0.25) is 0 Å². The van der Waals surface area contributed by atoms with Crippen LogP contribution >= 0.6 is 0 Å². The number of rotatable bonds is 0. The average molecular weight is 207 g/mol. The van der Waals surface area contributed by atoms with E-state index in [4.69, 9.17) is 4.74 Å². The van der Waals surface area contributed by atoms with Crippen molar-refractivity contribution in [1.29, 1.82) is 0 Å². The molecule has 4 heteroatoms. The molecule has 1 aromatic heterocycles. The molecule has 2 N–H and O–H groups in total. The molecular weight excluding hydrogens is 190 g/mol. The second-order valence-corrected chi connectivity index (χ2v) is 4.67. The zero-order chi connectivity index (χ0) is 10.5. The van der Waals surface area contributed by atoms with Crippen molar-refractivity contribution in [3.8, 4) is 0 Å². The number of nitrogens with zero attached hydrogens (tertiary/aromatic N) is 1. The van der Waals surface area contributed by atoms with Gasteiger partial charge >= 0.3 is 0 Å². The monoisotopic (exact) mass is 207 g/mol. The van der Waals surface area contributed by atoms with Crippen LogP contribution in [0.2, 0.25) is 0 Å². The first-order valence-corrected chi connectivity index (χ1v) is 5.65. The fourth-order valence-corrected chi connectivity index (χ4v) is 3.03. The van der Waals surface area contributed by atoms with E-state index in [1.54, 1.807) is 6.33 Å². The molecule has 1 spiro atoms. The first kappa shape index (κ1) is 9.36. The minimum absolute atomic E-state index is 0.0486. The smallest absolute Gasteiger partial charge is 0.0926 e. The molecule has 0 saturated carbocycles. The van der Waals surface area contributed by atoms with Crippen LogP contribution in [0.1, 0.15) is 31.7 Å². The summed E-state index contributed by atoms with van der Waals surface area (Å²) in [5, 5.41) is 3.61. The first-order chi connectivity index (χ1) is 7.22. The van der Waals surface area contributed by atoms with Crippen LogP contribution in [-0.2, 0) is 16.7 Å². The van der Waals surface area contributed by atoms with Crippen LogP contribution in [0.3, 0.4) is 0 Å². The number of H-pyrrole nitrogens is 1. The second-order valence-electron chi connectivity index (χ2n) is 4.67. The van der Waals surface area contributed by atoms with E-state index in [-0.39, 0.29) is 11.6 Å². The molecule has 0 bridgehead atoms. The van der Waals surface area contributed by atoms with Crippen LogP contribution in [0.25, 0.3) is 0 Å². The Morgan fingerprint density at radius 2 is 2.40 bits per heavy atom. The number of nitrogens with one attached hydrogen (secondary N) is 2. The summed E-state index contributed by atoms with van der Waals surface area (Å²) in [5.41, 5.74) is 2.40. The Bertz CT molecular complexity index is 376. The van der Waals surface area contributed by atoms with Gasteiger partial charge in [0.15, 0.2) is 0 Å². The third kappa shape index (κ3) is 1.18. The predicted molar refractivity (Wildman–Crippen MR) is 56.6 cm³/mol. The van der Waals surface area contributed by atoms with Crippen molar-refractivity contribution in [2.45, 2.75) is 44.4 Å². The number of aromatic nitrogens is 2. The van der Waals surface area contributed by atoms with Gasteiger partial charge < -0.3 is 15.0 Å². The summed E-state index contributed by atoms with van der Waals surface area (Å²) in [6, 6.07) is 0. The van der Waals surface area contributed by atoms with Crippen LogP contribution in [0.15, 0.2) is 6.33 Å². The molecule has 1 saturated heterocycles. The Labute approximate surface area is 89.4 Å². The van der Waals surface area contributed by atoms with Crippen LogP contribution in [-0.4, -0.2) is 28.7 Å². The summed E-state index contributed by atoms with van der Waals surface area (Å²) in [6.07, 6.45) is 4.38. The Balaban J connectivity index is 2.07. The molecule has 3 rings (SSSR count). The summed E-state index contributed by atoms with van der Waals surface area (Å²) in [4.78, 5) is 7.72. The lowest BCUT2D eigenvalue weighted by molar-refractivity contribution is 0.0404. The highest BCUT2D eigenvalue weighted by Gasteiger charge is 2.49. The normalized spacial score (nSPS) is 39.6. The van der Waals surface area contributed by atoms with Gasteiger partial charge in [-0.2, -0.15) is 0 Å². The number of hydrogen-bond acceptors (Lipinski definition) is 3. The van der Waals surface area contributed by atoms with Gasteiger partial charge in [-0.15, -0.1) is 0 Å². The van der Waals surface area contributed by atoms with Crippen molar-refractivity contribution in [2.75, 3.05) is 6.54 Å². The summed E-state index contributed by atoms with van der Waals surface area (Å²) in [7, 11) is 0. The minimum Gasteiger partial charge on any atom is -0.373 e. The Kier molecular flexibility index (Phi) is 1.91. The van der Waals surface area contributed by atoms with Crippen molar-refractivity contribution in [3.05, 3.63) is 17.7 Å². The lowest BCUT2D eigenvalue weighted by atomic mass is 9.83. The molecule has 0 aromatic carbocycles. The Hall–Kier alpha value is -0.870. The van der Waals surface area contributed by atoms with Crippen LogP contribution in [0, 0.1) is 0 Å². The molecule has 2 aliphatic rings.